The molecule has 0 saturated heterocycles. The van der Waals surface area contributed by atoms with Gasteiger partial charge in [-0.3, -0.25) is 14.4 Å². The van der Waals surface area contributed by atoms with Crippen LogP contribution < -0.4 is 0 Å². The lowest BCUT2D eigenvalue weighted by atomic mass is 9.43. The number of allylic oxidation sites excluding steroid dienone is 4. The monoisotopic (exact) mass is 688 g/mol. The number of fused-ring (bicyclic) bond motifs is 5. The second-order valence-corrected chi connectivity index (χ2v) is 15.2. The minimum absolute atomic E-state index is 0.0245. The third-order valence-corrected chi connectivity index (χ3v) is 11.9. The summed E-state index contributed by atoms with van der Waals surface area (Å²) in [5.74, 6) is 0.796. The standard InChI is InChI=1S/C36H42F2O9S/c1-6-34-12-11-22(39)17-25(34)26(37)18-24-23-16-21(2)36(47-30(42)27-10-9-14-45-27,33(23,5)19-28(40)35(24,34)38)31(43)48-15-8-7-13-46-29(41)20-32(3,4)44/h9-12,14,17,21,23-24,26,28,40,44H,6,13,15-16,18-20H2,1-5H3/t21-,23?,24?,26+,28+,33+,34+,35+,36+/m1/s1. The summed E-state index contributed by atoms with van der Waals surface area (Å²) >= 11 is 0.783. The number of rotatable bonds is 8. The van der Waals surface area contributed by atoms with Crippen molar-refractivity contribution in [3.8, 4) is 11.8 Å². The molecule has 4 aliphatic carbocycles. The van der Waals surface area contributed by atoms with Crippen LogP contribution in [0.3, 0.4) is 0 Å². The fourth-order valence-electron chi connectivity index (χ4n) is 9.04. The summed E-state index contributed by atoms with van der Waals surface area (Å²) < 4.78 is 50.5. The van der Waals surface area contributed by atoms with Crippen molar-refractivity contribution in [3.63, 3.8) is 0 Å². The summed E-state index contributed by atoms with van der Waals surface area (Å²) in [6.45, 7) is 7.81. The Morgan fingerprint density at radius 1 is 1.21 bits per heavy atom. The van der Waals surface area contributed by atoms with Crippen molar-refractivity contribution in [1.82, 2.24) is 0 Å². The number of furan rings is 1. The van der Waals surface area contributed by atoms with E-state index in [2.05, 4.69) is 11.8 Å². The van der Waals surface area contributed by atoms with Crippen LogP contribution in [0.2, 0.25) is 0 Å². The Balaban J connectivity index is 1.48. The second kappa shape index (κ2) is 12.9. The molecule has 9 atom stereocenters. The number of ketones is 1. The highest BCUT2D eigenvalue weighted by atomic mass is 32.2. The fourth-order valence-corrected chi connectivity index (χ4v) is 10.0. The fraction of sp³-hybridized carbons (Fsp3) is 0.611. The molecule has 1 heterocycles. The molecule has 48 heavy (non-hydrogen) atoms. The van der Waals surface area contributed by atoms with E-state index in [1.807, 2.05) is 0 Å². The largest absolute Gasteiger partial charge is 0.457 e. The third-order valence-electron chi connectivity index (χ3n) is 11.0. The number of esters is 2. The summed E-state index contributed by atoms with van der Waals surface area (Å²) in [6, 6.07) is 2.89. The van der Waals surface area contributed by atoms with Crippen LogP contribution in [0.1, 0.15) is 77.3 Å². The molecule has 0 bridgehead atoms. The van der Waals surface area contributed by atoms with E-state index in [1.165, 1.54) is 44.4 Å². The highest BCUT2D eigenvalue weighted by Crippen LogP contribution is 2.72. The average Bonchev–Trinajstić information content (AvgIpc) is 3.62. The van der Waals surface area contributed by atoms with E-state index in [-0.39, 0.29) is 55.8 Å². The first kappa shape index (κ1) is 36.0. The lowest BCUT2D eigenvalue weighted by molar-refractivity contribution is -0.224. The van der Waals surface area contributed by atoms with Gasteiger partial charge in [-0.05, 0) is 75.3 Å². The van der Waals surface area contributed by atoms with Gasteiger partial charge in [-0.2, -0.15) is 0 Å². The molecule has 3 saturated carbocycles. The summed E-state index contributed by atoms with van der Waals surface area (Å²) in [5, 5.41) is 21.1. The molecule has 9 nitrogen and oxygen atoms in total. The molecular weight excluding hydrogens is 646 g/mol. The minimum atomic E-state index is -2.36. The molecule has 3 fully saturated rings. The number of carbonyl (C=O) groups is 4. The first-order chi connectivity index (χ1) is 22.5. The zero-order chi connectivity index (χ0) is 35.3. The van der Waals surface area contributed by atoms with Gasteiger partial charge in [0.1, 0.15) is 6.17 Å². The van der Waals surface area contributed by atoms with E-state index >= 15 is 8.78 Å². The van der Waals surface area contributed by atoms with Gasteiger partial charge in [0.2, 0.25) is 10.9 Å². The van der Waals surface area contributed by atoms with Crippen molar-refractivity contribution < 1.29 is 52.1 Å². The maximum atomic E-state index is 17.9. The summed E-state index contributed by atoms with van der Waals surface area (Å²) in [5.41, 5.74) is -8.34. The van der Waals surface area contributed by atoms with Crippen LogP contribution in [0.15, 0.2) is 46.6 Å². The van der Waals surface area contributed by atoms with Gasteiger partial charge in [0.25, 0.3) is 0 Å². The number of aliphatic hydroxyl groups is 2. The molecule has 0 spiro atoms. The average molecular weight is 689 g/mol. The Morgan fingerprint density at radius 2 is 1.94 bits per heavy atom. The van der Waals surface area contributed by atoms with E-state index in [0.29, 0.717) is 0 Å². The number of carbonyl (C=O) groups excluding carboxylic acids is 4. The van der Waals surface area contributed by atoms with Crippen molar-refractivity contribution in [3.05, 3.63) is 48.0 Å². The maximum absolute atomic E-state index is 17.9. The quantitative estimate of drug-likeness (QED) is 0.280. The van der Waals surface area contributed by atoms with E-state index < -0.39 is 80.6 Å². The van der Waals surface area contributed by atoms with Gasteiger partial charge in [-0.15, -0.1) is 0 Å². The van der Waals surface area contributed by atoms with E-state index in [4.69, 9.17) is 13.9 Å². The van der Waals surface area contributed by atoms with Crippen LogP contribution in [-0.2, 0) is 23.9 Å². The molecule has 0 radical (unpaired) electrons. The van der Waals surface area contributed by atoms with Crippen molar-refractivity contribution >= 4 is 34.6 Å². The molecule has 4 aliphatic rings. The van der Waals surface area contributed by atoms with Gasteiger partial charge in [-0.1, -0.05) is 50.4 Å². The molecule has 2 unspecified atom stereocenters. The summed E-state index contributed by atoms with van der Waals surface area (Å²) in [6.07, 6.45) is 1.22. The van der Waals surface area contributed by atoms with Gasteiger partial charge in [0.15, 0.2) is 23.7 Å². The predicted octanol–water partition coefficient (Wildman–Crippen LogP) is 5.10. The van der Waals surface area contributed by atoms with Crippen LogP contribution in [0.25, 0.3) is 0 Å². The molecule has 1 aromatic heterocycles. The summed E-state index contributed by atoms with van der Waals surface area (Å²) in [4.78, 5) is 52.0. The van der Waals surface area contributed by atoms with E-state index in [9.17, 15) is 29.4 Å². The lowest BCUT2D eigenvalue weighted by Gasteiger charge is -2.63. The van der Waals surface area contributed by atoms with E-state index in [1.54, 1.807) is 20.8 Å². The molecular formula is C36H42F2O9S. The number of alkyl halides is 2. The van der Waals surface area contributed by atoms with Crippen LogP contribution in [-0.4, -0.2) is 74.6 Å². The molecule has 2 N–H and O–H groups in total. The lowest BCUT2D eigenvalue weighted by Crippen LogP contribution is -2.71. The zero-order valence-electron chi connectivity index (χ0n) is 27.7. The number of thioether (sulfide) groups is 1. The van der Waals surface area contributed by atoms with Crippen LogP contribution in [0, 0.1) is 40.4 Å². The highest BCUT2D eigenvalue weighted by Gasteiger charge is 2.78. The van der Waals surface area contributed by atoms with Gasteiger partial charge in [0, 0.05) is 22.7 Å². The number of hydrogen-bond donors (Lipinski definition) is 2. The molecule has 0 aromatic carbocycles. The topological polar surface area (TPSA) is 140 Å². The molecule has 5 rings (SSSR count). The van der Waals surface area contributed by atoms with Crippen molar-refractivity contribution in [2.75, 3.05) is 12.4 Å². The molecule has 260 valence electrons. The molecule has 0 aliphatic heterocycles. The Bertz CT molecular complexity index is 1590. The number of halogens is 2. The van der Waals surface area contributed by atoms with Crippen LogP contribution >= 0.6 is 11.8 Å². The zero-order valence-corrected chi connectivity index (χ0v) is 28.5. The Morgan fingerprint density at radius 3 is 2.58 bits per heavy atom. The van der Waals surface area contributed by atoms with E-state index in [0.717, 1.165) is 17.8 Å². The second-order valence-electron chi connectivity index (χ2n) is 14.3. The van der Waals surface area contributed by atoms with Gasteiger partial charge in [-0.25, -0.2) is 13.6 Å². The predicted molar refractivity (Wildman–Crippen MR) is 172 cm³/mol. The molecule has 1 aromatic rings. The Labute approximate surface area is 282 Å². The Kier molecular flexibility index (Phi) is 9.67. The first-order valence-corrected chi connectivity index (χ1v) is 17.2. The number of ether oxygens (including phenoxy) is 2. The maximum Gasteiger partial charge on any atom is 0.375 e. The van der Waals surface area contributed by atoms with Crippen molar-refractivity contribution in [2.45, 2.75) is 95.9 Å². The SMILES string of the molecule is CC[C@]12C=CC(=O)C=C1[C@@H](F)CC1C3C[C@@H](C)[C@](OC(=O)c4ccco4)(C(=O)SCC#CCOC(=O)CC(C)(C)O)[C@@]3(C)C[C@H](O)[C@@]12F. The molecule has 12 heteroatoms. The third kappa shape index (κ3) is 5.65. The molecule has 0 amide bonds. The summed E-state index contributed by atoms with van der Waals surface area (Å²) in [7, 11) is 0. The van der Waals surface area contributed by atoms with Crippen molar-refractivity contribution in [1.29, 1.82) is 0 Å². The normalized spacial score (nSPS) is 36.9. The minimum Gasteiger partial charge on any atom is -0.457 e. The van der Waals surface area contributed by atoms with Crippen LogP contribution in [0.5, 0.6) is 0 Å². The van der Waals surface area contributed by atoms with Gasteiger partial charge in [0.05, 0.1) is 30.1 Å². The number of hydrogen-bond acceptors (Lipinski definition) is 10. The number of aliphatic hydroxyl groups excluding tert-OH is 1. The highest BCUT2D eigenvalue weighted by molar-refractivity contribution is 8.14. The van der Waals surface area contributed by atoms with Crippen molar-refractivity contribution in [2.24, 2.45) is 28.6 Å². The smallest absolute Gasteiger partial charge is 0.375 e. The first-order valence-electron chi connectivity index (χ1n) is 16.2. The Hall–Kier alpha value is -3.27. The van der Waals surface area contributed by atoms with Gasteiger partial charge >= 0.3 is 11.9 Å². The van der Waals surface area contributed by atoms with Gasteiger partial charge < -0.3 is 24.1 Å². The van der Waals surface area contributed by atoms with Crippen LogP contribution in [0.4, 0.5) is 8.78 Å².